The average Bonchev–Trinajstić information content (AvgIpc) is 2.37. The van der Waals surface area contributed by atoms with E-state index in [9.17, 15) is 4.79 Å². The van der Waals surface area contributed by atoms with Gasteiger partial charge in [0.2, 0.25) is 5.91 Å². The molecule has 1 atom stereocenters. The van der Waals surface area contributed by atoms with Gasteiger partial charge in [-0.05, 0) is 43.9 Å². The van der Waals surface area contributed by atoms with Crippen molar-refractivity contribution < 1.29 is 9.90 Å². The predicted molar refractivity (Wildman–Crippen MR) is 88.0 cm³/mol. The zero-order valence-electron chi connectivity index (χ0n) is 13.9. The van der Waals surface area contributed by atoms with Crippen molar-refractivity contribution in [3.05, 3.63) is 41.5 Å². The number of anilines is 1. The molecule has 1 rings (SSSR count). The molecule has 0 aromatic heterocycles. The van der Waals surface area contributed by atoms with Crippen LogP contribution in [0.2, 0.25) is 0 Å². The number of nitrogens with one attached hydrogen (secondary N) is 1. The van der Waals surface area contributed by atoms with E-state index >= 15 is 0 Å². The topological polar surface area (TPSA) is 49.3 Å². The van der Waals surface area contributed by atoms with Crippen molar-refractivity contribution in [3.8, 4) is 0 Å². The Balaban J connectivity index is 3.04. The van der Waals surface area contributed by atoms with Gasteiger partial charge in [-0.3, -0.25) is 4.79 Å². The van der Waals surface area contributed by atoms with E-state index in [1.54, 1.807) is 0 Å². The zero-order valence-corrected chi connectivity index (χ0v) is 13.9. The Morgan fingerprint density at radius 2 is 1.67 bits per heavy atom. The molecule has 2 N–H and O–H groups in total. The van der Waals surface area contributed by atoms with Crippen LogP contribution >= 0.6 is 0 Å². The summed E-state index contributed by atoms with van der Waals surface area (Å²) >= 11 is 0. The highest BCUT2D eigenvalue weighted by molar-refractivity contribution is 5.97. The Labute approximate surface area is 128 Å². The van der Waals surface area contributed by atoms with Crippen LogP contribution in [0.5, 0.6) is 0 Å². The smallest absolute Gasteiger partial charge is 0.234 e. The molecule has 0 radical (unpaired) electrons. The van der Waals surface area contributed by atoms with E-state index in [0.29, 0.717) is 0 Å². The van der Waals surface area contributed by atoms with Crippen molar-refractivity contribution in [1.29, 1.82) is 0 Å². The van der Waals surface area contributed by atoms with Crippen molar-refractivity contribution in [1.82, 2.24) is 0 Å². The number of amides is 1. The lowest BCUT2D eigenvalue weighted by Gasteiger charge is -2.38. The first kappa shape index (κ1) is 17.4. The van der Waals surface area contributed by atoms with Crippen LogP contribution in [0.4, 0.5) is 5.69 Å². The lowest BCUT2D eigenvalue weighted by molar-refractivity contribution is -0.127. The van der Waals surface area contributed by atoms with Crippen LogP contribution < -0.4 is 5.32 Å². The van der Waals surface area contributed by atoms with E-state index in [0.717, 1.165) is 16.8 Å². The highest BCUT2D eigenvalue weighted by Gasteiger charge is 2.42. The Hall–Kier alpha value is -1.61. The quantitative estimate of drug-likeness (QED) is 0.819. The van der Waals surface area contributed by atoms with Crippen molar-refractivity contribution in [2.75, 3.05) is 5.32 Å². The van der Waals surface area contributed by atoms with Crippen LogP contribution in [0.1, 0.15) is 47.1 Å². The standard InChI is InChI=1S/C18H27NO2/c1-13(2)11-18(6,17(3,4)5)16(21)19-15-9-7-14(12-20)8-10-15/h7-11,20H,12H2,1-6H3,(H,19,21). The number of carbonyl (C=O) groups is 1. The van der Waals surface area contributed by atoms with Gasteiger partial charge in [-0.1, -0.05) is 44.6 Å². The zero-order chi connectivity index (χ0) is 16.3. The maximum atomic E-state index is 12.8. The normalized spacial score (nSPS) is 14.2. The molecule has 0 aliphatic rings. The van der Waals surface area contributed by atoms with Crippen molar-refractivity contribution in [3.63, 3.8) is 0 Å². The second-order valence-electron chi connectivity index (χ2n) is 6.98. The van der Waals surface area contributed by atoms with Crippen LogP contribution in [0.15, 0.2) is 35.9 Å². The summed E-state index contributed by atoms with van der Waals surface area (Å²) in [5.74, 6) is -0.0204. The van der Waals surface area contributed by atoms with Crippen LogP contribution in [-0.4, -0.2) is 11.0 Å². The summed E-state index contributed by atoms with van der Waals surface area (Å²) in [6, 6.07) is 7.25. The molecule has 1 aromatic rings. The third kappa shape index (κ3) is 4.18. The summed E-state index contributed by atoms with van der Waals surface area (Å²) in [6.07, 6.45) is 2.03. The highest BCUT2D eigenvalue weighted by Crippen LogP contribution is 2.41. The lowest BCUT2D eigenvalue weighted by atomic mass is 9.66. The van der Waals surface area contributed by atoms with Crippen LogP contribution in [0.25, 0.3) is 0 Å². The summed E-state index contributed by atoms with van der Waals surface area (Å²) < 4.78 is 0. The molecule has 0 fully saturated rings. The van der Waals surface area contributed by atoms with Crippen molar-refractivity contribution in [2.24, 2.45) is 10.8 Å². The monoisotopic (exact) mass is 289 g/mol. The van der Waals surface area contributed by atoms with Gasteiger partial charge in [0.1, 0.15) is 0 Å². The molecule has 3 heteroatoms. The summed E-state index contributed by atoms with van der Waals surface area (Å²) in [7, 11) is 0. The number of allylic oxidation sites excluding steroid dienone is 1. The molecule has 1 amide bonds. The molecule has 0 heterocycles. The number of aliphatic hydroxyl groups excluding tert-OH is 1. The van der Waals surface area contributed by atoms with Crippen LogP contribution in [-0.2, 0) is 11.4 Å². The minimum atomic E-state index is -0.596. The maximum absolute atomic E-state index is 12.8. The number of hydrogen-bond donors (Lipinski definition) is 2. The molecular formula is C18H27NO2. The summed E-state index contributed by atoms with van der Waals surface area (Å²) in [5, 5.41) is 12.0. The fourth-order valence-corrected chi connectivity index (χ4v) is 2.15. The summed E-state index contributed by atoms with van der Waals surface area (Å²) in [4.78, 5) is 12.8. The molecule has 1 aromatic carbocycles. The fourth-order valence-electron chi connectivity index (χ4n) is 2.15. The minimum absolute atomic E-state index is 0.00565. The summed E-state index contributed by atoms with van der Waals surface area (Å²) in [5.41, 5.74) is 1.91. The fraction of sp³-hybridized carbons (Fsp3) is 0.500. The third-order valence-corrected chi connectivity index (χ3v) is 4.00. The highest BCUT2D eigenvalue weighted by atomic mass is 16.3. The second-order valence-corrected chi connectivity index (χ2v) is 6.98. The first-order valence-electron chi connectivity index (χ1n) is 7.27. The van der Waals surface area contributed by atoms with Gasteiger partial charge in [-0.25, -0.2) is 0 Å². The van der Waals surface area contributed by atoms with E-state index in [1.807, 2.05) is 51.1 Å². The van der Waals surface area contributed by atoms with E-state index < -0.39 is 5.41 Å². The molecule has 21 heavy (non-hydrogen) atoms. The molecule has 0 saturated heterocycles. The van der Waals surface area contributed by atoms with Gasteiger partial charge in [0.25, 0.3) is 0 Å². The molecule has 0 saturated carbocycles. The largest absolute Gasteiger partial charge is 0.392 e. The lowest BCUT2D eigenvalue weighted by Crippen LogP contribution is -2.42. The molecule has 0 bridgehead atoms. The molecule has 1 unspecified atom stereocenters. The molecule has 3 nitrogen and oxygen atoms in total. The van der Waals surface area contributed by atoms with Gasteiger partial charge in [0, 0.05) is 5.69 Å². The van der Waals surface area contributed by atoms with Crippen LogP contribution in [0.3, 0.4) is 0 Å². The van der Waals surface area contributed by atoms with Gasteiger partial charge in [0.15, 0.2) is 0 Å². The number of hydrogen-bond acceptors (Lipinski definition) is 2. The average molecular weight is 289 g/mol. The first-order chi connectivity index (χ1) is 9.60. The third-order valence-electron chi connectivity index (χ3n) is 4.00. The van der Waals surface area contributed by atoms with Crippen molar-refractivity contribution in [2.45, 2.75) is 48.1 Å². The van der Waals surface area contributed by atoms with Gasteiger partial charge in [0.05, 0.1) is 12.0 Å². The van der Waals surface area contributed by atoms with E-state index in [2.05, 4.69) is 26.1 Å². The van der Waals surface area contributed by atoms with Gasteiger partial charge < -0.3 is 10.4 Å². The van der Waals surface area contributed by atoms with Crippen molar-refractivity contribution >= 4 is 11.6 Å². The maximum Gasteiger partial charge on any atom is 0.234 e. The molecule has 0 spiro atoms. The molecular weight excluding hydrogens is 262 g/mol. The number of carbonyl (C=O) groups excluding carboxylic acids is 1. The second kappa shape index (κ2) is 6.44. The Morgan fingerprint density at radius 3 is 2.05 bits per heavy atom. The number of rotatable bonds is 4. The Bertz CT molecular complexity index is 519. The van der Waals surface area contributed by atoms with E-state index in [-0.39, 0.29) is 17.9 Å². The Kier molecular flexibility index (Phi) is 5.35. The SMILES string of the molecule is CC(C)=CC(C)(C(=O)Nc1ccc(CO)cc1)C(C)(C)C. The predicted octanol–water partition coefficient (Wildman–Crippen LogP) is 4.14. The minimum Gasteiger partial charge on any atom is -0.392 e. The number of benzene rings is 1. The number of aliphatic hydroxyl groups is 1. The van der Waals surface area contributed by atoms with Gasteiger partial charge in [-0.2, -0.15) is 0 Å². The van der Waals surface area contributed by atoms with E-state index in [4.69, 9.17) is 5.11 Å². The Morgan fingerprint density at radius 1 is 1.14 bits per heavy atom. The van der Waals surface area contributed by atoms with E-state index in [1.165, 1.54) is 0 Å². The molecule has 0 aliphatic heterocycles. The molecule has 116 valence electrons. The van der Waals surface area contributed by atoms with Gasteiger partial charge >= 0.3 is 0 Å². The van der Waals surface area contributed by atoms with Gasteiger partial charge in [-0.15, -0.1) is 0 Å². The summed E-state index contributed by atoms with van der Waals surface area (Å²) in [6.45, 7) is 12.2. The first-order valence-corrected chi connectivity index (χ1v) is 7.27. The molecule has 0 aliphatic carbocycles. The van der Waals surface area contributed by atoms with Crippen LogP contribution in [0, 0.1) is 10.8 Å².